The lowest BCUT2D eigenvalue weighted by Crippen LogP contribution is -2.36. The summed E-state index contributed by atoms with van der Waals surface area (Å²) in [7, 11) is 1.97. The predicted octanol–water partition coefficient (Wildman–Crippen LogP) is 0.749. The van der Waals surface area contributed by atoms with Gasteiger partial charge in [-0.15, -0.1) is 0 Å². The molecular weight excluding hydrogens is 357 g/mol. The smallest absolute Gasteiger partial charge is 0.410 e. The van der Waals surface area contributed by atoms with E-state index in [-0.39, 0.29) is 18.1 Å². The van der Waals surface area contributed by atoms with E-state index in [9.17, 15) is 9.59 Å². The van der Waals surface area contributed by atoms with E-state index in [1.165, 1.54) is 6.20 Å². The number of carbonyl (C=O) groups excluding carboxylic acids is 2. The molecule has 9 heteroatoms. The van der Waals surface area contributed by atoms with E-state index >= 15 is 0 Å². The van der Waals surface area contributed by atoms with Gasteiger partial charge in [0.15, 0.2) is 0 Å². The number of primary amides is 1. The molecule has 1 fully saturated rings. The number of rotatable bonds is 4. The SMILES string of the molecule is Bc1cc2c(N[C@@H]3CN(C(=O)OC(C)(C)C)C[C@@H]3CC)c(C(N)=O)cnn2c1. The van der Waals surface area contributed by atoms with Gasteiger partial charge >= 0.3 is 6.09 Å². The second-order valence-electron chi connectivity index (χ2n) is 8.45. The Kier molecular flexibility index (Phi) is 5.27. The number of nitrogens with two attached hydrogens (primary N) is 1. The Bertz CT molecular complexity index is 905. The van der Waals surface area contributed by atoms with Crippen LogP contribution in [0.2, 0.25) is 0 Å². The van der Waals surface area contributed by atoms with E-state index in [1.807, 2.05) is 40.9 Å². The molecule has 1 aliphatic rings. The van der Waals surface area contributed by atoms with Gasteiger partial charge in [-0.25, -0.2) is 9.31 Å². The van der Waals surface area contributed by atoms with Gasteiger partial charge in [0, 0.05) is 25.3 Å². The minimum absolute atomic E-state index is 0.0166. The van der Waals surface area contributed by atoms with Crippen molar-refractivity contribution in [3.63, 3.8) is 0 Å². The van der Waals surface area contributed by atoms with Crippen molar-refractivity contribution in [3.8, 4) is 0 Å². The largest absolute Gasteiger partial charge is 0.444 e. The average Bonchev–Trinajstić information content (AvgIpc) is 3.16. The van der Waals surface area contributed by atoms with Crippen molar-refractivity contribution in [2.75, 3.05) is 18.4 Å². The number of likely N-dealkylation sites (tertiary alicyclic amines) is 1. The highest BCUT2D eigenvalue weighted by Gasteiger charge is 2.37. The summed E-state index contributed by atoms with van der Waals surface area (Å²) in [6.07, 6.45) is 3.96. The molecule has 28 heavy (non-hydrogen) atoms. The molecule has 3 heterocycles. The lowest BCUT2D eigenvalue weighted by molar-refractivity contribution is 0.0287. The summed E-state index contributed by atoms with van der Waals surface area (Å²) in [6, 6.07) is 1.94. The van der Waals surface area contributed by atoms with Gasteiger partial charge < -0.3 is 20.7 Å². The molecule has 0 aliphatic carbocycles. The van der Waals surface area contributed by atoms with Crippen LogP contribution in [0, 0.1) is 5.92 Å². The van der Waals surface area contributed by atoms with Crippen LogP contribution in [0.5, 0.6) is 0 Å². The van der Waals surface area contributed by atoms with Crippen molar-refractivity contribution in [2.45, 2.75) is 45.8 Å². The molecule has 1 saturated heterocycles. The van der Waals surface area contributed by atoms with E-state index < -0.39 is 11.5 Å². The van der Waals surface area contributed by atoms with Crippen LogP contribution >= 0.6 is 0 Å². The van der Waals surface area contributed by atoms with E-state index in [1.54, 1.807) is 9.42 Å². The van der Waals surface area contributed by atoms with Crippen LogP contribution in [0.15, 0.2) is 18.5 Å². The number of anilines is 1. The molecule has 8 nitrogen and oxygen atoms in total. The fourth-order valence-electron chi connectivity index (χ4n) is 3.63. The van der Waals surface area contributed by atoms with Gasteiger partial charge in [0.1, 0.15) is 13.4 Å². The summed E-state index contributed by atoms with van der Waals surface area (Å²) in [4.78, 5) is 26.2. The number of amides is 2. The van der Waals surface area contributed by atoms with Gasteiger partial charge in [-0.3, -0.25) is 4.79 Å². The van der Waals surface area contributed by atoms with Gasteiger partial charge in [-0.05, 0) is 39.2 Å². The first-order valence-electron chi connectivity index (χ1n) is 9.61. The Morgan fingerprint density at radius 1 is 1.39 bits per heavy atom. The summed E-state index contributed by atoms with van der Waals surface area (Å²) < 4.78 is 7.25. The van der Waals surface area contributed by atoms with Crippen LogP contribution < -0.4 is 16.5 Å². The van der Waals surface area contributed by atoms with Gasteiger partial charge in [-0.2, -0.15) is 5.10 Å². The van der Waals surface area contributed by atoms with Crippen LogP contribution in [0.25, 0.3) is 5.52 Å². The number of nitrogens with one attached hydrogen (secondary N) is 1. The van der Waals surface area contributed by atoms with Crippen molar-refractivity contribution in [2.24, 2.45) is 11.7 Å². The standard InChI is InChI=1S/C19H28BN5O3/c1-5-11-8-24(18(27)28-19(2,3)4)10-14(11)23-16-13(17(21)26)7-22-25-9-12(20)6-15(16)25/h6-7,9,11,14,23H,5,8,10,20H2,1-4H3,(H2,21,26)/t11-,14+/m0/s1. The predicted molar refractivity (Wildman–Crippen MR) is 111 cm³/mol. The van der Waals surface area contributed by atoms with Crippen molar-refractivity contribution in [3.05, 3.63) is 24.0 Å². The van der Waals surface area contributed by atoms with Crippen molar-refractivity contribution in [1.82, 2.24) is 14.5 Å². The lowest BCUT2D eigenvalue weighted by Gasteiger charge is -2.24. The van der Waals surface area contributed by atoms with Crippen LogP contribution in [0.3, 0.4) is 0 Å². The van der Waals surface area contributed by atoms with E-state index in [2.05, 4.69) is 17.3 Å². The monoisotopic (exact) mass is 385 g/mol. The molecule has 2 atom stereocenters. The maximum atomic E-state index is 12.5. The third-order valence-corrected chi connectivity index (χ3v) is 4.99. The van der Waals surface area contributed by atoms with Gasteiger partial charge in [0.05, 0.1) is 23.0 Å². The fraction of sp³-hybridized carbons (Fsp3) is 0.526. The average molecular weight is 385 g/mol. The van der Waals surface area contributed by atoms with Crippen LogP contribution in [-0.4, -0.2) is 59.1 Å². The molecule has 3 rings (SSSR count). The second-order valence-corrected chi connectivity index (χ2v) is 8.45. The Morgan fingerprint density at radius 3 is 2.71 bits per heavy atom. The minimum Gasteiger partial charge on any atom is -0.444 e. The third kappa shape index (κ3) is 4.08. The number of carbonyl (C=O) groups is 2. The first-order valence-corrected chi connectivity index (χ1v) is 9.61. The highest BCUT2D eigenvalue weighted by atomic mass is 16.6. The normalized spacial score (nSPS) is 19.8. The number of ether oxygens (including phenoxy) is 1. The number of hydrogen-bond donors (Lipinski definition) is 2. The number of fused-ring (bicyclic) bond motifs is 1. The van der Waals surface area contributed by atoms with E-state index in [4.69, 9.17) is 10.5 Å². The topological polar surface area (TPSA) is 102 Å². The molecule has 2 aromatic heterocycles. The first kappa shape index (κ1) is 20.0. The molecule has 0 bridgehead atoms. The molecule has 0 saturated carbocycles. The maximum Gasteiger partial charge on any atom is 0.410 e. The summed E-state index contributed by atoms with van der Waals surface area (Å²) in [5.41, 5.74) is 7.87. The zero-order valence-corrected chi connectivity index (χ0v) is 17.2. The Hall–Kier alpha value is -2.71. The van der Waals surface area contributed by atoms with Crippen LogP contribution in [0.4, 0.5) is 10.5 Å². The van der Waals surface area contributed by atoms with Crippen LogP contribution in [-0.2, 0) is 4.74 Å². The van der Waals surface area contributed by atoms with Gasteiger partial charge in [-0.1, -0.05) is 12.4 Å². The highest BCUT2D eigenvalue weighted by Crippen LogP contribution is 2.29. The van der Waals surface area contributed by atoms with E-state index in [0.717, 1.165) is 17.4 Å². The zero-order valence-electron chi connectivity index (χ0n) is 17.2. The summed E-state index contributed by atoms with van der Waals surface area (Å²) in [5.74, 6) is -0.302. The van der Waals surface area contributed by atoms with Crippen molar-refractivity contribution < 1.29 is 14.3 Å². The molecule has 0 spiro atoms. The molecule has 0 aromatic carbocycles. The maximum absolute atomic E-state index is 12.5. The molecule has 2 aromatic rings. The number of hydrogen-bond acceptors (Lipinski definition) is 5. The Balaban J connectivity index is 1.89. The summed E-state index contributed by atoms with van der Waals surface area (Å²) in [6.45, 7) is 8.77. The molecule has 150 valence electrons. The highest BCUT2D eigenvalue weighted by molar-refractivity contribution is 6.33. The van der Waals surface area contributed by atoms with Crippen LogP contribution in [0.1, 0.15) is 44.5 Å². The molecule has 3 N–H and O–H groups in total. The molecule has 1 aliphatic heterocycles. The Labute approximate surface area is 165 Å². The second kappa shape index (κ2) is 7.37. The molecule has 2 amide bonds. The zero-order chi connectivity index (χ0) is 20.6. The minimum atomic E-state index is -0.538. The van der Waals surface area contributed by atoms with E-state index in [0.29, 0.717) is 24.3 Å². The van der Waals surface area contributed by atoms with Gasteiger partial charge in [0.2, 0.25) is 0 Å². The van der Waals surface area contributed by atoms with Crippen molar-refractivity contribution >= 4 is 36.5 Å². The quantitative estimate of drug-likeness (QED) is 0.757. The summed E-state index contributed by atoms with van der Waals surface area (Å²) in [5, 5.41) is 7.76. The first-order chi connectivity index (χ1) is 13.1. The van der Waals surface area contributed by atoms with Gasteiger partial charge in [0.25, 0.3) is 5.91 Å². The Morgan fingerprint density at radius 2 is 2.11 bits per heavy atom. The summed E-state index contributed by atoms with van der Waals surface area (Å²) >= 11 is 0. The number of nitrogens with zero attached hydrogens (tertiary/aromatic N) is 3. The molecule has 0 radical (unpaired) electrons. The lowest BCUT2D eigenvalue weighted by atomic mass is 9.99. The fourth-order valence-corrected chi connectivity index (χ4v) is 3.63. The third-order valence-electron chi connectivity index (χ3n) is 4.99. The molecule has 0 unspecified atom stereocenters. The molecular formula is C19H28BN5O3. The number of aromatic nitrogens is 2. The van der Waals surface area contributed by atoms with Crippen molar-refractivity contribution in [1.29, 1.82) is 0 Å².